The van der Waals surface area contributed by atoms with Gasteiger partial charge in [0, 0.05) is 24.7 Å². The average molecular weight is 293 g/mol. The van der Waals surface area contributed by atoms with E-state index in [9.17, 15) is 0 Å². The average Bonchev–Trinajstić information content (AvgIpc) is 2.48. The summed E-state index contributed by atoms with van der Waals surface area (Å²) in [5, 5.41) is 0. The molecule has 0 saturated carbocycles. The van der Waals surface area contributed by atoms with Crippen LogP contribution in [0.3, 0.4) is 0 Å². The molecular weight excluding hydrogens is 262 g/mol. The third-order valence-corrected chi connectivity index (χ3v) is 3.89. The summed E-state index contributed by atoms with van der Waals surface area (Å²) in [6, 6.07) is 0.415. The predicted octanol–water partition coefficient (Wildman–Crippen LogP) is 2.96. The van der Waals surface area contributed by atoms with Gasteiger partial charge in [0.1, 0.15) is 5.82 Å². The lowest BCUT2D eigenvalue weighted by Crippen LogP contribution is -2.44. The molecule has 0 aliphatic carbocycles. The Morgan fingerprint density at radius 1 is 1.57 bits per heavy atom. The number of ether oxygens (including phenoxy) is 1. The first-order valence-corrected chi connectivity index (χ1v) is 8.00. The molecular formula is C17H31N3O. The molecule has 1 aliphatic rings. The van der Waals surface area contributed by atoms with E-state index < -0.39 is 0 Å². The van der Waals surface area contributed by atoms with Crippen LogP contribution in [0.4, 0.5) is 0 Å². The van der Waals surface area contributed by atoms with Crippen molar-refractivity contribution in [2.45, 2.75) is 46.6 Å². The molecule has 0 spiro atoms. The van der Waals surface area contributed by atoms with Crippen LogP contribution in [0.1, 0.15) is 40.5 Å². The number of morpholine rings is 1. The highest BCUT2D eigenvalue weighted by molar-refractivity contribution is 6.01. The molecule has 1 heterocycles. The second kappa shape index (κ2) is 9.00. The number of nitrogens with zero attached hydrogens (tertiary/aromatic N) is 2. The zero-order valence-corrected chi connectivity index (χ0v) is 14.1. The fourth-order valence-electron chi connectivity index (χ4n) is 2.68. The summed E-state index contributed by atoms with van der Waals surface area (Å²) < 4.78 is 5.63. The molecule has 120 valence electrons. The minimum atomic E-state index is 0.225. The Morgan fingerprint density at radius 2 is 2.29 bits per heavy atom. The Kier molecular flexibility index (Phi) is 7.68. The molecule has 0 aromatic carbocycles. The molecule has 21 heavy (non-hydrogen) atoms. The van der Waals surface area contributed by atoms with Crippen LogP contribution in [0, 0.1) is 5.92 Å². The summed E-state index contributed by atoms with van der Waals surface area (Å²) in [6.07, 6.45) is 4.36. The maximum Gasteiger partial charge on any atom is 0.124 e. The van der Waals surface area contributed by atoms with Crippen LogP contribution in [-0.2, 0) is 4.74 Å². The Balaban J connectivity index is 3.01. The Morgan fingerprint density at radius 3 is 2.81 bits per heavy atom. The second-order valence-corrected chi connectivity index (χ2v) is 5.77. The van der Waals surface area contributed by atoms with E-state index in [0.717, 1.165) is 49.7 Å². The minimum Gasteiger partial charge on any atom is -0.377 e. The summed E-state index contributed by atoms with van der Waals surface area (Å²) in [5.74, 6) is 1.25. The summed E-state index contributed by atoms with van der Waals surface area (Å²) in [6.45, 7) is 15.4. The third-order valence-electron chi connectivity index (χ3n) is 3.89. The molecule has 2 unspecified atom stereocenters. The molecule has 0 radical (unpaired) electrons. The number of rotatable bonds is 7. The summed E-state index contributed by atoms with van der Waals surface area (Å²) >= 11 is 0. The van der Waals surface area contributed by atoms with Crippen molar-refractivity contribution in [3.63, 3.8) is 0 Å². The molecule has 1 saturated heterocycles. The first-order valence-electron chi connectivity index (χ1n) is 8.00. The van der Waals surface area contributed by atoms with Crippen molar-refractivity contribution in [2.24, 2.45) is 16.6 Å². The van der Waals surface area contributed by atoms with Crippen LogP contribution in [0.25, 0.3) is 0 Å². The van der Waals surface area contributed by atoms with E-state index in [0.29, 0.717) is 12.6 Å². The van der Waals surface area contributed by atoms with Crippen LogP contribution in [0.2, 0.25) is 0 Å². The zero-order chi connectivity index (χ0) is 15.8. The van der Waals surface area contributed by atoms with Gasteiger partial charge in [-0.15, -0.1) is 0 Å². The largest absolute Gasteiger partial charge is 0.377 e. The van der Waals surface area contributed by atoms with E-state index in [2.05, 4.69) is 31.4 Å². The molecule has 1 rings (SSSR count). The van der Waals surface area contributed by atoms with E-state index >= 15 is 0 Å². The number of aliphatic imine (C=N–C) groups is 1. The molecule has 0 amide bonds. The van der Waals surface area contributed by atoms with E-state index in [-0.39, 0.29) is 5.92 Å². The minimum absolute atomic E-state index is 0.225. The first kappa shape index (κ1) is 17.9. The molecule has 1 fully saturated rings. The van der Waals surface area contributed by atoms with Gasteiger partial charge in [-0.1, -0.05) is 26.8 Å². The van der Waals surface area contributed by atoms with Crippen LogP contribution < -0.4 is 5.73 Å². The van der Waals surface area contributed by atoms with Crippen molar-refractivity contribution in [1.82, 2.24) is 4.90 Å². The lowest BCUT2D eigenvalue weighted by Gasteiger charge is -2.37. The zero-order valence-electron chi connectivity index (χ0n) is 14.1. The fraction of sp³-hybridized carbons (Fsp3) is 0.706. The van der Waals surface area contributed by atoms with Crippen molar-refractivity contribution in [3.8, 4) is 0 Å². The third kappa shape index (κ3) is 4.97. The molecule has 2 atom stereocenters. The van der Waals surface area contributed by atoms with Crippen molar-refractivity contribution in [2.75, 3.05) is 26.3 Å². The van der Waals surface area contributed by atoms with Gasteiger partial charge in [-0.25, -0.2) is 4.99 Å². The number of allylic oxidation sites excluding steroid dienone is 2. The van der Waals surface area contributed by atoms with Crippen LogP contribution in [-0.4, -0.2) is 43.0 Å². The lowest BCUT2D eigenvalue weighted by molar-refractivity contribution is 0.00609. The molecule has 4 nitrogen and oxygen atoms in total. The van der Waals surface area contributed by atoms with Gasteiger partial charge in [0.25, 0.3) is 0 Å². The van der Waals surface area contributed by atoms with Gasteiger partial charge in [0.15, 0.2) is 0 Å². The van der Waals surface area contributed by atoms with E-state index in [4.69, 9.17) is 15.5 Å². The highest BCUT2D eigenvalue weighted by Gasteiger charge is 2.24. The van der Waals surface area contributed by atoms with Crippen molar-refractivity contribution in [1.29, 1.82) is 0 Å². The van der Waals surface area contributed by atoms with E-state index in [1.54, 1.807) is 0 Å². The topological polar surface area (TPSA) is 50.8 Å². The van der Waals surface area contributed by atoms with Gasteiger partial charge in [-0.3, -0.25) is 0 Å². The molecule has 2 N–H and O–H groups in total. The Bertz CT molecular complexity index is 399. The van der Waals surface area contributed by atoms with Gasteiger partial charge >= 0.3 is 0 Å². The fourth-order valence-corrected chi connectivity index (χ4v) is 2.68. The Hall–Kier alpha value is -1.13. The molecule has 0 aromatic heterocycles. The molecule has 0 aromatic rings. The van der Waals surface area contributed by atoms with Crippen molar-refractivity contribution < 1.29 is 4.74 Å². The number of hydrogen-bond acceptors (Lipinski definition) is 4. The van der Waals surface area contributed by atoms with Gasteiger partial charge in [0.2, 0.25) is 0 Å². The smallest absolute Gasteiger partial charge is 0.124 e. The SMILES string of the molecule is C=C(C)/C(=N\C(=C/C)N1CCOCC1CCC)C(C)CN. The highest BCUT2D eigenvalue weighted by atomic mass is 16.5. The summed E-state index contributed by atoms with van der Waals surface area (Å²) in [4.78, 5) is 7.26. The van der Waals surface area contributed by atoms with Gasteiger partial charge in [0.05, 0.1) is 19.3 Å². The van der Waals surface area contributed by atoms with Gasteiger partial charge < -0.3 is 15.4 Å². The first-order chi connectivity index (χ1) is 10.0. The van der Waals surface area contributed by atoms with Gasteiger partial charge in [-0.05, 0) is 31.9 Å². The number of nitrogens with two attached hydrogens (primary N) is 1. The molecule has 0 bridgehead atoms. The molecule has 1 aliphatic heterocycles. The lowest BCUT2D eigenvalue weighted by atomic mass is 10.0. The maximum atomic E-state index is 5.81. The van der Waals surface area contributed by atoms with Gasteiger partial charge in [-0.2, -0.15) is 0 Å². The van der Waals surface area contributed by atoms with Crippen molar-refractivity contribution in [3.05, 3.63) is 24.0 Å². The predicted molar refractivity (Wildman–Crippen MR) is 90.4 cm³/mol. The van der Waals surface area contributed by atoms with E-state index in [1.165, 1.54) is 0 Å². The monoisotopic (exact) mass is 293 g/mol. The van der Waals surface area contributed by atoms with Crippen LogP contribution in [0.15, 0.2) is 29.0 Å². The van der Waals surface area contributed by atoms with E-state index in [1.807, 2.05) is 13.8 Å². The standard InChI is InChI=1S/C17H31N3O/c1-6-8-15-12-21-10-9-20(15)16(7-2)19-17(13(3)4)14(5)11-18/h7,14-15H,3,6,8-12,18H2,1-2,4-5H3/b16-7+,19-17+. The summed E-state index contributed by atoms with van der Waals surface area (Å²) in [5.41, 5.74) is 7.81. The van der Waals surface area contributed by atoms with Crippen LogP contribution in [0.5, 0.6) is 0 Å². The Labute approximate surface area is 129 Å². The summed E-state index contributed by atoms with van der Waals surface area (Å²) in [7, 11) is 0. The van der Waals surface area contributed by atoms with Crippen LogP contribution >= 0.6 is 0 Å². The van der Waals surface area contributed by atoms with Crippen molar-refractivity contribution >= 4 is 5.71 Å². The quantitative estimate of drug-likeness (QED) is 0.734. The second-order valence-electron chi connectivity index (χ2n) is 5.77. The maximum absolute atomic E-state index is 5.81. The highest BCUT2D eigenvalue weighted by Crippen LogP contribution is 2.21. The molecule has 4 heteroatoms. The number of hydrogen-bond donors (Lipinski definition) is 1. The normalized spacial score (nSPS) is 22.3.